The molecule has 0 radical (unpaired) electrons. The maximum atomic E-state index is 13.2. The second kappa shape index (κ2) is 6.91. The standard InChI is InChI=1S/C17H20FN3O2/c1-2-21-11-13(10-19-21)17-15(6-7-23-17)20-16(22)9-12-4-3-5-14(18)8-12/h3-5,8,10-11,15,17H,2,6-7,9H2,1H3,(H,20,22)/t15-,17+/m0/s1. The summed E-state index contributed by atoms with van der Waals surface area (Å²) in [5.41, 5.74) is 1.64. The molecule has 2 heterocycles. The lowest BCUT2D eigenvalue weighted by molar-refractivity contribution is -0.121. The van der Waals surface area contributed by atoms with Crippen LogP contribution in [0.5, 0.6) is 0 Å². The first-order valence-corrected chi connectivity index (χ1v) is 7.83. The second-order valence-corrected chi connectivity index (χ2v) is 5.69. The van der Waals surface area contributed by atoms with E-state index in [4.69, 9.17) is 4.74 Å². The number of carbonyl (C=O) groups excluding carboxylic acids is 1. The number of aryl methyl sites for hydroxylation is 1. The van der Waals surface area contributed by atoms with Gasteiger partial charge in [-0.25, -0.2) is 4.39 Å². The van der Waals surface area contributed by atoms with Crippen LogP contribution >= 0.6 is 0 Å². The Morgan fingerprint density at radius 1 is 1.52 bits per heavy atom. The van der Waals surface area contributed by atoms with Crippen LogP contribution in [0.2, 0.25) is 0 Å². The SMILES string of the molecule is CCn1cc([C@H]2OCC[C@@H]2NC(=O)Cc2cccc(F)c2)cn1. The van der Waals surface area contributed by atoms with Crippen molar-refractivity contribution >= 4 is 5.91 Å². The summed E-state index contributed by atoms with van der Waals surface area (Å²) in [5.74, 6) is -0.455. The highest BCUT2D eigenvalue weighted by atomic mass is 19.1. The number of amides is 1. The summed E-state index contributed by atoms with van der Waals surface area (Å²) in [4.78, 5) is 12.2. The first-order chi connectivity index (χ1) is 11.2. The third-order valence-corrected chi connectivity index (χ3v) is 4.00. The van der Waals surface area contributed by atoms with Gasteiger partial charge in [0.1, 0.15) is 11.9 Å². The molecular weight excluding hydrogens is 297 g/mol. The van der Waals surface area contributed by atoms with E-state index in [1.54, 1.807) is 18.3 Å². The molecule has 5 nitrogen and oxygen atoms in total. The van der Waals surface area contributed by atoms with Crippen molar-refractivity contribution in [2.75, 3.05) is 6.61 Å². The molecule has 1 aliphatic heterocycles. The minimum Gasteiger partial charge on any atom is -0.371 e. The Morgan fingerprint density at radius 2 is 2.39 bits per heavy atom. The summed E-state index contributed by atoms with van der Waals surface area (Å²) in [6.07, 6.45) is 4.48. The number of benzene rings is 1. The van der Waals surface area contributed by atoms with Crippen molar-refractivity contribution in [3.63, 3.8) is 0 Å². The molecule has 1 N–H and O–H groups in total. The summed E-state index contributed by atoms with van der Waals surface area (Å²) in [5, 5.41) is 7.25. The number of hydrogen-bond acceptors (Lipinski definition) is 3. The number of nitrogens with one attached hydrogen (secondary N) is 1. The lowest BCUT2D eigenvalue weighted by atomic mass is 10.0. The Morgan fingerprint density at radius 3 is 3.13 bits per heavy atom. The quantitative estimate of drug-likeness (QED) is 0.920. The zero-order valence-electron chi connectivity index (χ0n) is 13.0. The van der Waals surface area contributed by atoms with E-state index in [0.717, 1.165) is 18.5 Å². The van der Waals surface area contributed by atoms with Crippen LogP contribution in [0.1, 0.15) is 30.6 Å². The molecule has 2 atom stereocenters. The number of hydrogen-bond donors (Lipinski definition) is 1. The molecule has 1 amide bonds. The van der Waals surface area contributed by atoms with Crippen molar-refractivity contribution in [2.45, 2.75) is 38.5 Å². The predicted octanol–water partition coefficient (Wildman–Crippen LogP) is 2.23. The van der Waals surface area contributed by atoms with Crippen molar-refractivity contribution in [1.29, 1.82) is 0 Å². The van der Waals surface area contributed by atoms with Gasteiger partial charge in [0.25, 0.3) is 0 Å². The first-order valence-electron chi connectivity index (χ1n) is 7.83. The summed E-state index contributed by atoms with van der Waals surface area (Å²) in [6.45, 7) is 3.42. The molecule has 23 heavy (non-hydrogen) atoms. The summed E-state index contributed by atoms with van der Waals surface area (Å²) >= 11 is 0. The Hall–Kier alpha value is -2.21. The van der Waals surface area contributed by atoms with Crippen LogP contribution in [0.4, 0.5) is 4.39 Å². The highest BCUT2D eigenvalue weighted by molar-refractivity contribution is 5.79. The number of nitrogens with zero attached hydrogens (tertiary/aromatic N) is 2. The van der Waals surface area contributed by atoms with Crippen molar-refractivity contribution in [1.82, 2.24) is 15.1 Å². The maximum Gasteiger partial charge on any atom is 0.224 e. The fourth-order valence-corrected chi connectivity index (χ4v) is 2.86. The molecule has 1 fully saturated rings. The molecule has 0 unspecified atom stereocenters. The van der Waals surface area contributed by atoms with Gasteiger partial charge in [-0.05, 0) is 31.0 Å². The molecule has 6 heteroatoms. The molecule has 0 bridgehead atoms. The average molecular weight is 317 g/mol. The zero-order chi connectivity index (χ0) is 16.2. The van der Waals surface area contributed by atoms with Gasteiger partial charge in [0, 0.05) is 24.9 Å². The first kappa shape index (κ1) is 15.7. The highest BCUT2D eigenvalue weighted by Crippen LogP contribution is 2.28. The van der Waals surface area contributed by atoms with Gasteiger partial charge in [-0.15, -0.1) is 0 Å². The monoisotopic (exact) mass is 317 g/mol. The lowest BCUT2D eigenvalue weighted by Gasteiger charge is -2.18. The molecule has 2 aromatic rings. The predicted molar refractivity (Wildman–Crippen MR) is 83.2 cm³/mol. The van der Waals surface area contributed by atoms with Gasteiger partial charge >= 0.3 is 0 Å². The highest BCUT2D eigenvalue weighted by Gasteiger charge is 2.31. The zero-order valence-corrected chi connectivity index (χ0v) is 13.0. The molecule has 1 aromatic heterocycles. The van der Waals surface area contributed by atoms with E-state index in [0.29, 0.717) is 12.2 Å². The number of aromatic nitrogens is 2. The van der Waals surface area contributed by atoms with Crippen molar-refractivity contribution in [3.8, 4) is 0 Å². The second-order valence-electron chi connectivity index (χ2n) is 5.69. The van der Waals surface area contributed by atoms with E-state index in [1.807, 2.05) is 17.8 Å². The average Bonchev–Trinajstić information content (AvgIpc) is 3.15. The fourth-order valence-electron chi connectivity index (χ4n) is 2.86. The number of rotatable bonds is 5. The number of halogens is 1. The van der Waals surface area contributed by atoms with E-state index in [1.165, 1.54) is 12.1 Å². The van der Waals surface area contributed by atoms with Crippen molar-refractivity contribution in [3.05, 3.63) is 53.6 Å². The minimum atomic E-state index is -0.329. The van der Waals surface area contributed by atoms with Crippen molar-refractivity contribution < 1.29 is 13.9 Å². The van der Waals surface area contributed by atoms with E-state index >= 15 is 0 Å². The minimum absolute atomic E-state index is 0.0782. The maximum absolute atomic E-state index is 13.2. The van der Waals surface area contributed by atoms with Crippen LogP contribution in [0.25, 0.3) is 0 Å². The molecule has 1 aromatic carbocycles. The van der Waals surface area contributed by atoms with Crippen LogP contribution < -0.4 is 5.32 Å². The number of ether oxygens (including phenoxy) is 1. The molecule has 0 spiro atoms. The van der Waals surface area contributed by atoms with Crippen LogP contribution in [0.3, 0.4) is 0 Å². The smallest absolute Gasteiger partial charge is 0.224 e. The summed E-state index contributed by atoms with van der Waals surface area (Å²) < 4.78 is 20.8. The van der Waals surface area contributed by atoms with Gasteiger partial charge in [-0.3, -0.25) is 9.48 Å². The normalized spacial score (nSPS) is 20.6. The van der Waals surface area contributed by atoms with Crippen LogP contribution in [-0.2, 0) is 22.5 Å². The summed E-state index contributed by atoms with van der Waals surface area (Å²) in [7, 11) is 0. The van der Waals surface area contributed by atoms with E-state index in [9.17, 15) is 9.18 Å². The molecule has 0 saturated carbocycles. The number of carbonyl (C=O) groups is 1. The lowest BCUT2D eigenvalue weighted by Crippen LogP contribution is -2.37. The Kier molecular flexibility index (Phi) is 4.71. The van der Waals surface area contributed by atoms with Crippen LogP contribution in [-0.4, -0.2) is 28.3 Å². The fraction of sp³-hybridized carbons (Fsp3) is 0.412. The van der Waals surface area contributed by atoms with Gasteiger partial charge < -0.3 is 10.1 Å². The molecule has 3 rings (SSSR count). The molecule has 0 aliphatic carbocycles. The van der Waals surface area contributed by atoms with Gasteiger partial charge in [-0.2, -0.15) is 5.10 Å². The third-order valence-electron chi connectivity index (χ3n) is 4.00. The van der Waals surface area contributed by atoms with Gasteiger partial charge in [0.15, 0.2) is 0 Å². The van der Waals surface area contributed by atoms with Gasteiger partial charge in [-0.1, -0.05) is 12.1 Å². The molecule has 1 aliphatic rings. The van der Waals surface area contributed by atoms with E-state index in [2.05, 4.69) is 10.4 Å². The van der Waals surface area contributed by atoms with Gasteiger partial charge in [0.2, 0.25) is 5.91 Å². The Labute approximate surface area is 134 Å². The van der Waals surface area contributed by atoms with Gasteiger partial charge in [0.05, 0.1) is 18.7 Å². The van der Waals surface area contributed by atoms with E-state index in [-0.39, 0.29) is 30.3 Å². The van der Waals surface area contributed by atoms with E-state index < -0.39 is 0 Å². The topological polar surface area (TPSA) is 56.1 Å². The third kappa shape index (κ3) is 3.76. The van der Waals surface area contributed by atoms with Crippen LogP contribution in [0.15, 0.2) is 36.7 Å². The van der Waals surface area contributed by atoms with Crippen molar-refractivity contribution in [2.24, 2.45) is 0 Å². The largest absolute Gasteiger partial charge is 0.371 e. The molecule has 122 valence electrons. The Balaban J connectivity index is 1.63. The Bertz CT molecular complexity index is 686. The van der Waals surface area contributed by atoms with Crippen LogP contribution in [0, 0.1) is 5.82 Å². The summed E-state index contributed by atoms with van der Waals surface area (Å²) in [6, 6.07) is 6.03. The molecule has 1 saturated heterocycles. The molecular formula is C17H20FN3O2.